The van der Waals surface area contributed by atoms with E-state index in [4.69, 9.17) is 10.3 Å². The van der Waals surface area contributed by atoms with Crippen LogP contribution in [-0.4, -0.2) is 58.1 Å². The van der Waals surface area contributed by atoms with Gasteiger partial charge in [0.05, 0.1) is 12.6 Å². The topological polar surface area (TPSA) is 88.5 Å². The van der Waals surface area contributed by atoms with Crippen LogP contribution < -0.4 is 5.73 Å². The molecule has 0 aromatic carbocycles. The second-order valence-corrected chi connectivity index (χ2v) is 4.85. The zero-order valence-corrected chi connectivity index (χ0v) is 12.7. The fourth-order valence-electron chi connectivity index (χ4n) is 2.11. The molecule has 2 rings (SSSR count). The lowest BCUT2D eigenvalue weighted by atomic mass is 10.2. The highest BCUT2D eigenvalue weighted by Gasteiger charge is 2.23. The molecule has 1 aromatic heterocycles. The summed E-state index contributed by atoms with van der Waals surface area (Å²) in [6.45, 7) is 7.42. The molecule has 1 aromatic rings. The van der Waals surface area contributed by atoms with Gasteiger partial charge >= 0.3 is 0 Å². The molecule has 1 fully saturated rings. The Balaban J connectivity index is 0.00000200. The second-order valence-electron chi connectivity index (χ2n) is 4.85. The van der Waals surface area contributed by atoms with E-state index in [0.29, 0.717) is 31.3 Å². The Kier molecular flexibility index (Phi) is 6.38. The molecule has 1 unspecified atom stereocenters. The molecule has 7 nitrogen and oxygen atoms in total. The molecule has 0 radical (unpaired) electrons. The Morgan fingerprint density at radius 3 is 2.55 bits per heavy atom. The maximum Gasteiger partial charge on any atom is 0.239 e. The predicted molar refractivity (Wildman–Crippen MR) is 76.4 cm³/mol. The summed E-state index contributed by atoms with van der Waals surface area (Å²) in [4.78, 5) is 20.1. The number of aromatic nitrogens is 2. The van der Waals surface area contributed by atoms with Crippen molar-refractivity contribution in [3.8, 4) is 0 Å². The SMILES string of the molecule is CCc1nc(CN2CCN(C(=O)C(C)N)CC2)no1.Cl. The van der Waals surface area contributed by atoms with Crippen LogP contribution in [0.3, 0.4) is 0 Å². The first-order valence-electron chi connectivity index (χ1n) is 6.68. The van der Waals surface area contributed by atoms with Gasteiger partial charge in [0.25, 0.3) is 0 Å². The molecule has 0 saturated carbocycles. The molecule has 1 saturated heterocycles. The van der Waals surface area contributed by atoms with E-state index >= 15 is 0 Å². The summed E-state index contributed by atoms with van der Waals surface area (Å²) in [5.41, 5.74) is 5.61. The molecule has 0 aliphatic carbocycles. The van der Waals surface area contributed by atoms with Crippen molar-refractivity contribution in [2.75, 3.05) is 26.2 Å². The third-order valence-corrected chi connectivity index (χ3v) is 3.25. The maximum absolute atomic E-state index is 11.7. The number of hydrogen-bond donors (Lipinski definition) is 1. The highest BCUT2D eigenvalue weighted by Crippen LogP contribution is 2.07. The minimum atomic E-state index is -0.420. The Morgan fingerprint density at radius 1 is 1.40 bits per heavy atom. The van der Waals surface area contributed by atoms with Crippen molar-refractivity contribution in [3.05, 3.63) is 11.7 Å². The largest absolute Gasteiger partial charge is 0.339 e. The zero-order chi connectivity index (χ0) is 13.8. The van der Waals surface area contributed by atoms with Gasteiger partial charge in [0.2, 0.25) is 11.8 Å². The summed E-state index contributed by atoms with van der Waals surface area (Å²) in [5.74, 6) is 1.40. The van der Waals surface area contributed by atoms with Crippen molar-refractivity contribution < 1.29 is 9.32 Å². The van der Waals surface area contributed by atoms with Gasteiger partial charge in [-0.15, -0.1) is 12.4 Å². The van der Waals surface area contributed by atoms with E-state index in [1.165, 1.54) is 0 Å². The van der Waals surface area contributed by atoms with Crippen LogP contribution in [0, 0.1) is 0 Å². The Morgan fingerprint density at radius 2 is 2.05 bits per heavy atom. The van der Waals surface area contributed by atoms with Gasteiger partial charge in [0.15, 0.2) is 5.82 Å². The van der Waals surface area contributed by atoms with Crippen LogP contribution in [0.25, 0.3) is 0 Å². The first-order valence-corrected chi connectivity index (χ1v) is 6.68. The summed E-state index contributed by atoms with van der Waals surface area (Å²) < 4.78 is 5.08. The van der Waals surface area contributed by atoms with Gasteiger partial charge in [-0.2, -0.15) is 4.98 Å². The lowest BCUT2D eigenvalue weighted by Crippen LogP contribution is -2.52. The average Bonchev–Trinajstić information content (AvgIpc) is 2.86. The zero-order valence-electron chi connectivity index (χ0n) is 11.9. The van der Waals surface area contributed by atoms with Gasteiger partial charge in [-0.25, -0.2) is 0 Å². The van der Waals surface area contributed by atoms with Crippen molar-refractivity contribution in [2.45, 2.75) is 32.9 Å². The van der Waals surface area contributed by atoms with Gasteiger partial charge in [0, 0.05) is 32.6 Å². The van der Waals surface area contributed by atoms with E-state index in [1.807, 2.05) is 11.8 Å². The predicted octanol–water partition coefficient (Wildman–Crippen LogP) is 0.0452. The van der Waals surface area contributed by atoms with Crippen molar-refractivity contribution in [2.24, 2.45) is 5.73 Å². The summed E-state index contributed by atoms with van der Waals surface area (Å²) in [6.07, 6.45) is 0.754. The van der Waals surface area contributed by atoms with E-state index in [0.717, 1.165) is 19.5 Å². The number of carbonyl (C=O) groups is 1. The molecular formula is C12H22ClN5O2. The summed E-state index contributed by atoms with van der Waals surface area (Å²) in [6, 6.07) is -0.420. The molecule has 1 amide bonds. The number of carbonyl (C=O) groups excluding carboxylic acids is 1. The monoisotopic (exact) mass is 303 g/mol. The first-order chi connectivity index (χ1) is 9.10. The molecule has 1 aliphatic heterocycles. The minimum absolute atomic E-state index is 0. The number of nitrogens with two attached hydrogens (primary N) is 1. The molecule has 1 atom stereocenters. The third kappa shape index (κ3) is 4.16. The van der Waals surface area contributed by atoms with Crippen LogP contribution in [0.15, 0.2) is 4.52 Å². The van der Waals surface area contributed by atoms with E-state index in [-0.39, 0.29) is 18.3 Å². The summed E-state index contributed by atoms with van der Waals surface area (Å²) >= 11 is 0. The number of halogens is 1. The Labute approximate surface area is 124 Å². The summed E-state index contributed by atoms with van der Waals surface area (Å²) in [7, 11) is 0. The smallest absolute Gasteiger partial charge is 0.239 e. The standard InChI is InChI=1S/C12H21N5O2.ClH/c1-3-11-14-10(15-19-11)8-16-4-6-17(7-5-16)12(18)9(2)13;/h9H,3-8,13H2,1-2H3;1H. The average molecular weight is 304 g/mol. The molecule has 0 spiro atoms. The minimum Gasteiger partial charge on any atom is -0.339 e. The van der Waals surface area contributed by atoms with Crippen molar-refractivity contribution >= 4 is 18.3 Å². The highest BCUT2D eigenvalue weighted by molar-refractivity contribution is 5.85. The number of nitrogens with zero attached hydrogens (tertiary/aromatic N) is 4. The van der Waals surface area contributed by atoms with Crippen molar-refractivity contribution in [1.29, 1.82) is 0 Å². The molecular weight excluding hydrogens is 282 g/mol. The molecule has 8 heteroatoms. The molecule has 114 valence electrons. The lowest BCUT2D eigenvalue weighted by Gasteiger charge is -2.34. The first kappa shape index (κ1) is 16.9. The second kappa shape index (κ2) is 7.56. The Hall–Kier alpha value is -1.18. The van der Waals surface area contributed by atoms with E-state index in [2.05, 4.69) is 15.0 Å². The number of piperazine rings is 1. The van der Waals surface area contributed by atoms with Crippen LogP contribution in [0.2, 0.25) is 0 Å². The van der Waals surface area contributed by atoms with E-state index in [9.17, 15) is 4.79 Å². The van der Waals surface area contributed by atoms with E-state index in [1.54, 1.807) is 6.92 Å². The van der Waals surface area contributed by atoms with Gasteiger partial charge in [-0.1, -0.05) is 12.1 Å². The highest BCUT2D eigenvalue weighted by atomic mass is 35.5. The molecule has 1 aliphatic rings. The van der Waals surface area contributed by atoms with Crippen LogP contribution >= 0.6 is 12.4 Å². The van der Waals surface area contributed by atoms with Gasteiger partial charge in [-0.05, 0) is 6.92 Å². The maximum atomic E-state index is 11.7. The molecule has 20 heavy (non-hydrogen) atoms. The fraction of sp³-hybridized carbons (Fsp3) is 0.750. The molecule has 2 heterocycles. The Bertz CT molecular complexity index is 429. The molecule has 0 bridgehead atoms. The number of aryl methyl sites for hydroxylation is 1. The number of amides is 1. The van der Waals surface area contributed by atoms with Crippen LogP contribution in [0.5, 0.6) is 0 Å². The lowest BCUT2D eigenvalue weighted by molar-refractivity contribution is -0.134. The van der Waals surface area contributed by atoms with Gasteiger partial charge in [0.1, 0.15) is 0 Å². The van der Waals surface area contributed by atoms with Crippen LogP contribution in [0.1, 0.15) is 25.6 Å². The van der Waals surface area contributed by atoms with Crippen molar-refractivity contribution in [1.82, 2.24) is 19.9 Å². The number of hydrogen-bond acceptors (Lipinski definition) is 6. The quantitative estimate of drug-likeness (QED) is 0.845. The normalized spacial score (nSPS) is 17.6. The third-order valence-electron chi connectivity index (χ3n) is 3.25. The summed E-state index contributed by atoms with van der Waals surface area (Å²) in [5, 5.41) is 3.94. The van der Waals surface area contributed by atoms with Crippen molar-refractivity contribution in [3.63, 3.8) is 0 Å². The van der Waals surface area contributed by atoms with Crippen LogP contribution in [-0.2, 0) is 17.8 Å². The molecule has 2 N–H and O–H groups in total. The van der Waals surface area contributed by atoms with Crippen LogP contribution in [0.4, 0.5) is 0 Å². The van der Waals surface area contributed by atoms with Gasteiger partial charge < -0.3 is 15.2 Å². The van der Waals surface area contributed by atoms with Gasteiger partial charge in [-0.3, -0.25) is 9.69 Å². The number of rotatable bonds is 4. The fourth-order valence-corrected chi connectivity index (χ4v) is 2.11. The van der Waals surface area contributed by atoms with E-state index < -0.39 is 6.04 Å².